The van der Waals surface area contributed by atoms with Crippen molar-refractivity contribution in [3.8, 4) is 0 Å². The molecule has 0 spiro atoms. The molecule has 1 atom stereocenters. The number of hydrogen-bond donors (Lipinski definition) is 2. The Morgan fingerprint density at radius 1 is 1.25 bits per heavy atom. The summed E-state index contributed by atoms with van der Waals surface area (Å²) in [6.45, 7) is 0. The van der Waals surface area contributed by atoms with E-state index in [0.717, 1.165) is 11.3 Å². The first-order chi connectivity index (χ1) is 7.75. The zero-order valence-corrected chi connectivity index (χ0v) is 9.20. The smallest absolute Gasteiger partial charge is 0.232 e. The molecule has 2 aliphatic rings. The lowest BCUT2D eigenvalue weighted by atomic mass is 9.86. The van der Waals surface area contributed by atoms with Crippen molar-refractivity contribution in [3.05, 3.63) is 23.8 Å². The number of carbonyl (C=O) groups excluding carboxylic acids is 1. The molecule has 0 aromatic heterocycles. The van der Waals surface area contributed by atoms with Gasteiger partial charge in [0.15, 0.2) is 0 Å². The van der Waals surface area contributed by atoms with E-state index in [9.17, 15) is 4.79 Å². The van der Waals surface area contributed by atoms with Crippen LogP contribution in [0.1, 0.15) is 37.2 Å². The summed E-state index contributed by atoms with van der Waals surface area (Å²) >= 11 is 0. The third-order valence-corrected chi connectivity index (χ3v) is 3.82. The second-order valence-electron chi connectivity index (χ2n) is 4.86. The fraction of sp³-hybridized carbons (Fsp3) is 0.462. The van der Waals surface area contributed by atoms with Crippen LogP contribution in [0, 0.1) is 5.92 Å². The number of fused-ring (bicyclic) bond motifs is 1. The quantitative estimate of drug-likeness (QED) is 0.709. The summed E-state index contributed by atoms with van der Waals surface area (Å²) in [7, 11) is 0. The van der Waals surface area contributed by atoms with Gasteiger partial charge in [-0.25, -0.2) is 0 Å². The van der Waals surface area contributed by atoms with Crippen LogP contribution in [-0.4, -0.2) is 5.91 Å². The Bertz CT molecular complexity index is 436. The topological polar surface area (TPSA) is 55.1 Å². The van der Waals surface area contributed by atoms with E-state index in [1.807, 2.05) is 18.2 Å². The molecule has 1 heterocycles. The Labute approximate surface area is 95.0 Å². The molecule has 1 amide bonds. The lowest BCUT2D eigenvalue weighted by Crippen LogP contribution is -2.18. The molecule has 0 saturated heterocycles. The van der Waals surface area contributed by atoms with Gasteiger partial charge in [-0.1, -0.05) is 18.9 Å². The maximum absolute atomic E-state index is 12.0. The summed E-state index contributed by atoms with van der Waals surface area (Å²) in [6.07, 6.45) is 4.89. The minimum absolute atomic E-state index is 0.0677. The molecule has 84 valence electrons. The van der Waals surface area contributed by atoms with E-state index in [4.69, 9.17) is 5.73 Å². The summed E-state index contributed by atoms with van der Waals surface area (Å²) in [5.74, 6) is 0.760. The monoisotopic (exact) mass is 216 g/mol. The highest BCUT2D eigenvalue weighted by atomic mass is 16.2. The van der Waals surface area contributed by atoms with Crippen molar-refractivity contribution < 1.29 is 4.79 Å². The molecule has 16 heavy (non-hydrogen) atoms. The first-order valence-corrected chi connectivity index (χ1v) is 5.96. The van der Waals surface area contributed by atoms with Crippen molar-refractivity contribution in [2.75, 3.05) is 11.1 Å². The molecular formula is C13H16N2O. The Kier molecular flexibility index (Phi) is 2.13. The predicted molar refractivity (Wildman–Crippen MR) is 64.2 cm³/mol. The third kappa shape index (κ3) is 1.39. The largest absolute Gasteiger partial charge is 0.399 e. The van der Waals surface area contributed by atoms with E-state index in [1.165, 1.54) is 25.7 Å². The molecule has 1 aromatic carbocycles. The van der Waals surface area contributed by atoms with Gasteiger partial charge in [-0.15, -0.1) is 0 Å². The summed E-state index contributed by atoms with van der Waals surface area (Å²) in [6, 6.07) is 5.76. The van der Waals surface area contributed by atoms with Crippen LogP contribution in [0.2, 0.25) is 0 Å². The van der Waals surface area contributed by atoms with Crippen LogP contribution in [0.3, 0.4) is 0 Å². The van der Waals surface area contributed by atoms with Crippen molar-refractivity contribution in [2.24, 2.45) is 5.92 Å². The highest BCUT2D eigenvalue weighted by Gasteiger charge is 2.37. The van der Waals surface area contributed by atoms with Crippen LogP contribution in [-0.2, 0) is 4.79 Å². The van der Waals surface area contributed by atoms with Crippen LogP contribution in [0.4, 0.5) is 11.4 Å². The van der Waals surface area contributed by atoms with Crippen LogP contribution in [0.5, 0.6) is 0 Å². The van der Waals surface area contributed by atoms with Gasteiger partial charge >= 0.3 is 0 Å². The Balaban J connectivity index is 1.98. The number of nitrogens with one attached hydrogen (secondary N) is 1. The first-order valence-electron chi connectivity index (χ1n) is 5.96. The second kappa shape index (κ2) is 3.51. The normalized spacial score (nSPS) is 24.5. The lowest BCUT2D eigenvalue weighted by Gasteiger charge is -2.16. The lowest BCUT2D eigenvalue weighted by molar-refractivity contribution is -0.118. The number of anilines is 2. The molecular weight excluding hydrogens is 200 g/mol. The molecule has 3 nitrogen and oxygen atoms in total. The van der Waals surface area contributed by atoms with Gasteiger partial charge in [0.05, 0.1) is 5.92 Å². The molecule has 1 aliphatic carbocycles. The SMILES string of the molecule is Nc1ccc2c(c1)NC(=O)C2C1CCCC1. The average Bonchev–Trinajstić information content (AvgIpc) is 2.83. The van der Waals surface area contributed by atoms with Crippen LogP contribution in [0.15, 0.2) is 18.2 Å². The molecule has 0 bridgehead atoms. The fourth-order valence-electron chi connectivity index (χ4n) is 3.06. The van der Waals surface area contributed by atoms with Gasteiger partial charge in [0.25, 0.3) is 0 Å². The molecule has 0 radical (unpaired) electrons. The van der Waals surface area contributed by atoms with Crippen molar-refractivity contribution >= 4 is 17.3 Å². The van der Waals surface area contributed by atoms with Gasteiger partial charge < -0.3 is 11.1 Å². The number of nitrogens with two attached hydrogens (primary N) is 1. The second-order valence-corrected chi connectivity index (χ2v) is 4.86. The summed E-state index contributed by atoms with van der Waals surface area (Å²) in [4.78, 5) is 12.0. The minimum atomic E-state index is 0.0677. The van der Waals surface area contributed by atoms with E-state index < -0.39 is 0 Å². The first kappa shape index (κ1) is 9.70. The molecule has 1 aromatic rings. The van der Waals surface area contributed by atoms with Crippen LogP contribution in [0.25, 0.3) is 0 Å². The summed E-state index contributed by atoms with van der Waals surface area (Å²) < 4.78 is 0. The number of rotatable bonds is 1. The Morgan fingerprint density at radius 3 is 2.75 bits per heavy atom. The van der Waals surface area contributed by atoms with Gasteiger partial charge in [0, 0.05) is 11.4 Å². The van der Waals surface area contributed by atoms with Gasteiger partial charge in [0.1, 0.15) is 0 Å². The maximum Gasteiger partial charge on any atom is 0.232 e. The van der Waals surface area contributed by atoms with Crippen LogP contribution < -0.4 is 11.1 Å². The van der Waals surface area contributed by atoms with E-state index in [1.54, 1.807) is 0 Å². The molecule has 1 saturated carbocycles. The Morgan fingerprint density at radius 2 is 2.00 bits per heavy atom. The third-order valence-electron chi connectivity index (χ3n) is 3.82. The van der Waals surface area contributed by atoms with Crippen molar-refractivity contribution in [1.82, 2.24) is 0 Å². The molecule has 1 unspecified atom stereocenters. The highest BCUT2D eigenvalue weighted by molar-refractivity contribution is 6.03. The average molecular weight is 216 g/mol. The van der Waals surface area contributed by atoms with E-state index in [2.05, 4.69) is 5.32 Å². The maximum atomic E-state index is 12.0. The van der Waals surface area contributed by atoms with Crippen LogP contribution >= 0.6 is 0 Å². The van der Waals surface area contributed by atoms with Crippen molar-refractivity contribution in [3.63, 3.8) is 0 Å². The number of nitrogen functional groups attached to an aromatic ring is 1. The van der Waals surface area contributed by atoms with E-state index in [-0.39, 0.29) is 11.8 Å². The zero-order valence-electron chi connectivity index (χ0n) is 9.20. The number of benzene rings is 1. The standard InChI is InChI=1S/C13H16N2O/c14-9-5-6-10-11(7-9)15-13(16)12(10)8-3-1-2-4-8/h5-8,12H,1-4,14H2,(H,15,16). The molecule has 1 fully saturated rings. The van der Waals surface area contributed by atoms with Gasteiger partial charge in [-0.3, -0.25) is 4.79 Å². The van der Waals surface area contributed by atoms with Crippen molar-refractivity contribution in [2.45, 2.75) is 31.6 Å². The zero-order chi connectivity index (χ0) is 11.1. The Hall–Kier alpha value is -1.51. The van der Waals surface area contributed by atoms with Gasteiger partial charge in [-0.2, -0.15) is 0 Å². The highest BCUT2D eigenvalue weighted by Crippen LogP contribution is 2.44. The minimum Gasteiger partial charge on any atom is -0.399 e. The molecule has 1 aliphatic heterocycles. The summed E-state index contributed by atoms with van der Waals surface area (Å²) in [5.41, 5.74) is 8.50. The molecule has 3 rings (SSSR count). The number of amides is 1. The van der Waals surface area contributed by atoms with Crippen molar-refractivity contribution in [1.29, 1.82) is 0 Å². The summed E-state index contributed by atoms with van der Waals surface area (Å²) in [5, 5.41) is 2.95. The van der Waals surface area contributed by atoms with Gasteiger partial charge in [-0.05, 0) is 36.5 Å². The fourth-order valence-corrected chi connectivity index (χ4v) is 3.06. The van der Waals surface area contributed by atoms with E-state index >= 15 is 0 Å². The van der Waals surface area contributed by atoms with E-state index in [0.29, 0.717) is 11.6 Å². The van der Waals surface area contributed by atoms with Gasteiger partial charge in [0.2, 0.25) is 5.91 Å². The predicted octanol–water partition coefficient (Wildman–Crippen LogP) is 2.49. The molecule has 3 heteroatoms. The number of hydrogen-bond acceptors (Lipinski definition) is 2. The number of carbonyl (C=O) groups is 1. The molecule has 3 N–H and O–H groups in total.